The van der Waals surface area contributed by atoms with Crippen LogP contribution in [0, 0.1) is 0 Å². The largest absolute Gasteiger partial charge is 0.330 e. The molecule has 86 valence electrons. The SMILES string of the molecule is CCCCc1ccc2scc(CCN)c2c1. The predicted molar refractivity (Wildman–Crippen MR) is 73.2 cm³/mol. The number of hydrogen-bond donors (Lipinski definition) is 1. The maximum absolute atomic E-state index is 5.63. The van der Waals surface area contributed by atoms with Crippen molar-refractivity contribution in [3.05, 3.63) is 34.7 Å². The highest BCUT2D eigenvalue weighted by Gasteiger charge is 2.04. The maximum Gasteiger partial charge on any atom is 0.0345 e. The zero-order valence-corrected chi connectivity index (χ0v) is 10.6. The number of unbranched alkanes of at least 4 members (excludes halogenated alkanes) is 1. The van der Waals surface area contributed by atoms with Gasteiger partial charge in [0.25, 0.3) is 0 Å². The van der Waals surface area contributed by atoms with Gasteiger partial charge < -0.3 is 5.73 Å². The van der Waals surface area contributed by atoms with Crippen LogP contribution < -0.4 is 5.73 Å². The Labute approximate surface area is 101 Å². The third-order valence-corrected chi connectivity index (χ3v) is 3.96. The number of nitrogens with two attached hydrogens (primary N) is 1. The van der Waals surface area contributed by atoms with E-state index in [2.05, 4.69) is 30.5 Å². The molecule has 2 heteroatoms. The van der Waals surface area contributed by atoms with Crippen LogP contribution >= 0.6 is 11.3 Å². The number of fused-ring (bicyclic) bond motifs is 1. The van der Waals surface area contributed by atoms with Gasteiger partial charge in [-0.05, 0) is 53.8 Å². The summed E-state index contributed by atoms with van der Waals surface area (Å²) in [5, 5.41) is 3.67. The minimum absolute atomic E-state index is 0.741. The van der Waals surface area contributed by atoms with Gasteiger partial charge in [0.1, 0.15) is 0 Å². The van der Waals surface area contributed by atoms with E-state index in [4.69, 9.17) is 5.73 Å². The van der Waals surface area contributed by atoms with Gasteiger partial charge in [-0.2, -0.15) is 0 Å². The Balaban J connectivity index is 2.30. The highest BCUT2D eigenvalue weighted by Crippen LogP contribution is 2.27. The number of rotatable bonds is 5. The summed E-state index contributed by atoms with van der Waals surface area (Å²) in [5.74, 6) is 0. The van der Waals surface area contributed by atoms with Crippen LogP contribution in [-0.2, 0) is 12.8 Å². The molecular formula is C14H19NS. The van der Waals surface area contributed by atoms with E-state index in [0.29, 0.717) is 0 Å². The summed E-state index contributed by atoms with van der Waals surface area (Å²) in [6, 6.07) is 6.87. The number of aryl methyl sites for hydroxylation is 1. The molecule has 0 unspecified atom stereocenters. The average Bonchev–Trinajstić information content (AvgIpc) is 2.70. The van der Waals surface area contributed by atoms with E-state index in [1.165, 1.54) is 40.5 Å². The lowest BCUT2D eigenvalue weighted by Gasteiger charge is -2.02. The molecule has 0 amide bonds. The third-order valence-electron chi connectivity index (χ3n) is 2.95. The van der Waals surface area contributed by atoms with Crippen LogP contribution in [0.5, 0.6) is 0 Å². The topological polar surface area (TPSA) is 26.0 Å². The van der Waals surface area contributed by atoms with Gasteiger partial charge in [-0.25, -0.2) is 0 Å². The van der Waals surface area contributed by atoms with E-state index in [0.717, 1.165) is 13.0 Å². The normalized spacial score (nSPS) is 11.1. The van der Waals surface area contributed by atoms with Gasteiger partial charge in [0.2, 0.25) is 0 Å². The molecule has 0 radical (unpaired) electrons. The second kappa shape index (κ2) is 5.46. The lowest BCUT2D eigenvalue weighted by Crippen LogP contribution is -2.01. The van der Waals surface area contributed by atoms with Crippen molar-refractivity contribution in [2.45, 2.75) is 32.6 Å². The zero-order chi connectivity index (χ0) is 11.4. The fraction of sp³-hybridized carbons (Fsp3) is 0.429. The average molecular weight is 233 g/mol. The van der Waals surface area contributed by atoms with Crippen LogP contribution in [0.15, 0.2) is 23.6 Å². The Bertz CT molecular complexity index is 459. The molecule has 0 saturated carbocycles. The van der Waals surface area contributed by atoms with Crippen LogP contribution in [0.3, 0.4) is 0 Å². The Morgan fingerprint density at radius 2 is 2.12 bits per heavy atom. The van der Waals surface area contributed by atoms with Crippen molar-refractivity contribution in [1.29, 1.82) is 0 Å². The van der Waals surface area contributed by atoms with Crippen LogP contribution in [-0.4, -0.2) is 6.54 Å². The number of benzene rings is 1. The lowest BCUT2D eigenvalue weighted by atomic mass is 10.0. The molecular weight excluding hydrogens is 214 g/mol. The van der Waals surface area contributed by atoms with Gasteiger partial charge >= 0.3 is 0 Å². The molecule has 0 bridgehead atoms. The molecule has 1 aromatic heterocycles. The standard InChI is InChI=1S/C14H19NS/c1-2-3-4-11-5-6-14-13(9-11)12(7-8-15)10-16-14/h5-6,9-10H,2-4,7-8,15H2,1H3. The van der Waals surface area contributed by atoms with E-state index in [1.54, 1.807) is 0 Å². The molecule has 0 spiro atoms. The van der Waals surface area contributed by atoms with E-state index < -0.39 is 0 Å². The van der Waals surface area contributed by atoms with Crippen LogP contribution in [0.25, 0.3) is 10.1 Å². The molecule has 0 atom stereocenters. The van der Waals surface area contributed by atoms with E-state index in [9.17, 15) is 0 Å². The summed E-state index contributed by atoms with van der Waals surface area (Å²) in [6.07, 6.45) is 4.74. The second-order valence-corrected chi connectivity index (χ2v) is 5.14. The van der Waals surface area contributed by atoms with Gasteiger partial charge in [0.15, 0.2) is 0 Å². The van der Waals surface area contributed by atoms with E-state index >= 15 is 0 Å². The van der Waals surface area contributed by atoms with Crippen molar-refractivity contribution in [3.8, 4) is 0 Å². The van der Waals surface area contributed by atoms with Gasteiger partial charge in [-0.3, -0.25) is 0 Å². The molecule has 2 aromatic rings. The fourth-order valence-electron chi connectivity index (χ4n) is 2.01. The van der Waals surface area contributed by atoms with E-state index in [-0.39, 0.29) is 0 Å². The van der Waals surface area contributed by atoms with Crippen molar-refractivity contribution >= 4 is 21.4 Å². The molecule has 0 fully saturated rings. The third kappa shape index (κ3) is 2.45. The summed E-state index contributed by atoms with van der Waals surface area (Å²) in [6.45, 7) is 2.98. The van der Waals surface area contributed by atoms with Crippen molar-refractivity contribution in [3.63, 3.8) is 0 Å². The van der Waals surface area contributed by atoms with Crippen molar-refractivity contribution in [2.24, 2.45) is 5.73 Å². The summed E-state index contributed by atoms with van der Waals surface area (Å²) in [5.41, 5.74) is 8.52. The Morgan fingerprint density at radius 1 is 1.25 bits per heavy atom. The fourth-order valence-corrected chi connectivity index (χ4v) is 2.99. The van der Waals surface area contributed by atoms with Crippen molar-refractivity contribution in [2.75, 3.05) is 6.54 Å². The molecule has 16 heavy (non-hydrogen) atoms. The Morgan fingerprint density at radius 3 is 2.88 bits per heavy atom. The smallest absolute Gasteiger partial charge is 0.0345 e. The summed E-state index contributed by atoms with van der Waals surface area (Å²) >= 11 is 1.83. The van der Waals surface area contributed by atoms with Crippen molar-refractivity contribution in [1.82, 2.24) is 0 Å². The molecule has 2 rings (SSSR count). The molecule has 0 aliphatic carbocycles. The Kier molecular flexibility index (Phi) is 3.97. The molecule has 1 aromatic carbocycles. The number of thiophene rings is 1. The van der Waals surface area contributed by atoms with Gasteiger partial charge in [-0.1, -0.05) is 25.5 Å². The molecule has 1 heterocycles. The molecule has 2 N–H and O–H groups in total. The van der Waals surface area contributed by atoms with Gasteiger partial charge in [0.05, 0.1) is 0 Å². The second-order valence-electron chi connectivity index (χ2n) is 4.23. The predicted octanol–water partition coefficient (Wildman–Crippen LogP) is 3.75. The highest BCUT2D eigenvalue weighted by molar-refractivity contribution is 7.17. The minimum atomic E-state index is 0.741. The monoisotopic (exact) mass is 233 g/mol. The minimum Gasteiger partial charge on any atom is -0.330 e. The van der Waals surface area contributed by atoms with Crippen molar-refractivity contribution < 1.29 is 0 Å². The number of hydrogen-bond acceptors (Lipinski definition) is 2. The first-order chi connectivity index (χ1) is 7.85. The summed E-state index contributed by atoms with van der Waals surface area (Å²) in [7, 11) is 0. The first-order valence-electron chi connectivity index (χ1n) is 6.04. The van der Waals surface area contributed by atoms with E-state index in [1.807, 2.05) is 11.3 Å². The molecule has 1 nitrogen and oxygen atoms in total. The maximum atomic E-state index is 5.63. The first kappa shape index (κ1) is 11.6. The van der Waals surface area contributed by atoms with Crippen LogP contribution in [0.1, 0.15) is 30.9 Å². The van der Waals surface area contributed by atoms with Gasteiger partial charge in [-0.15, -0.1) is 11.3 Å². The summed E-state index contributed by atoms with van der Waals surface area (Å²) < 4.78 is 1.39. The zero-order valence-electron chi connectivity index (χ0n) is 9.83. The highest BCUT2D eigenvalue weighted by atomic mass is 32.1. The molecule has 0 aliphatic rings. The molecule has 0 aliphatic heterocycles. The Hall–Kier alpha value is -0.860. The van der Waals surface area contributed by atoms with Crippen LogP contribution in [0.2, 0.25) is 0 Å². The van der Waals surface area contributed by atoms with Crippen LogP contribution in [0.4, 0.5) is 0 Å². The lowest BCUT2D eigenvalue weighted by molar-refractivity contribution is 0.796. The quantitative estimate of drug-likeness (QED) is 0.836. The molecule has 0 saturated heterocycles. The summed E-state index contributed by atoms with van der Waals surface area (Å²) in [4.78, 5) is 0. The van der Waals surface area contributed by atoms with Gasteiger partial charge in [0, 0.05) is 4.70 Å². The first-order valence-corrected chi connectivity index (χ1v) is 6.92.